The van der Waals surface area contributed by atoms with Gasteiger partial charge in [-0.25, -0.2) is 0 Å². The van der Waals surface area contributed by atoms with Gasteiger partial charge in [0.25, 0.3) is 0 Å². The number of nitrogens with two attached hydrogens (primary N) is 1. The summed E-state index contributed by atoms with van der Waals surface area (Å²) < 4.78 is 1.01. The van der Waals surface area contributed by atoms with E-state index in [4.69, 9.17) is 5.73 Å². The summed E-state index contributed by atoms with van der Waals surface area (Å²) in [5.41, 5.74) is 6.85. The highest BCUT2D eigenvalue weighted by Gasteiger charge is 2.69. The zero-order valence-electron chi connectivity index (χ0n) is 17.1. The molecule has 4 N–H and O–H groups in total. The molecule has 6 heteroatoms. The smallest absolute Gasteiger partial charge is 0.224 e. The standard InChI is InChI=1S/C23H30BrN3O2/c1-22(2,12-25)13-27-21(29)19-17-8-7-16(23(17)9-10-23)18(19)20(28)26-11-14-3-5-15(24)6-4-14/h3-8,16-19H,9-13,25H2,1-2H3,(H,26,28)(H,27,29)/t16-,17+,18+,19+/m0/s1. The van der Waals surface area contributed by atoms with Crippen LogP contribution in [-0.2, 0) is 16.1 Å². The Labute approximate surface area is 181 Å². The van der Waals surface area contributed by atoms with Gasteiger partial charge in [-0.3, -0.25) is 9.59 Å². The van der Waals surface area contributed by atoms with Crippen molar-refractivity contribution in [1.82, 2.24) is 10.6 Å². The van der Waals surface area contributed by atoms with Gasteiger partial charge in [-0.05, 0) is 59.7 Å². The maximum absolute atomic E-state index is 13.2. The maximum atomic E-state index is 13.2. The van der Waals surface area contributed by atoms with Gasteiger partial charge in [-0.2, -0.15) is 0 Å². The second-order valence-corrected chi connectivity index (χ2v) is 10.6. The highest BCUT2D eigenvalue weighted by Crippen LogP contribution is 2.72. The number of carbonyl (C=O) groups excluding carboxylic acids is 2. The molecule has 1 spiro atoms. The first-order chi connectivity index (χ1) is 13.8. The minimum atomic E-state index is -0.288. The number of hydrogen-bond donors (Lipinski definition) is 3. The van der Waals surface area contributed by atoms with E-state index in [1.807, 2.05) is 38.1 Å². The van der Waals surface area contributed by atoms with Crippen molar-refractivity contribution in [1.29, 1.82) is 0 Å². The Morgan fingerprint density at radius 3 is 2.14 bits per heavy atom. The Balaban J connectivity index is 1.47. The second-order valence-electron chi connectivity index (χ2n) is 9.65. The molecule has 1 aromatic rings. The predicted octanol–water partition coefficient (Wildman–Crippen LogP) is 2.99. The van der Waals surface area contributed by atoms with Crippen LogP contribution in [-0.4, -0.2) is 24.9 Å². The summed E-state index contributed by atoms with van der Waals surface area (Å²) in [6, 6.07) is 7.92. The quantitative estimate of drug-likeness (QED) is 0.547. The summed E-state index contributed by atoms with van der Waals surface area (Å²) >= 11 is 3.43. The number of allylic oxidation sites excluding steroid dienone is 2. The van der Waals surface area contributed by atoms with E-state index in [1.54, 1.807) is 0 Å². The molecule has 0 radical (unpaired) electrons. The zero-order valence-corrected chi connectivity index (χ0v) is 18.7. The van der Waals surface area contributed by atoms with Crippen LogP contribution in [0.1, 0.15) is 32.3 Å². The van der Waals surface area contributed by atoms with E-state index in [0.29, 0.717) is 19.6 Å². The van der Waals surface area contributed by atoms with E-state index in [-0.39, 0.29) is 46.3 Å². The SMILES string of the molecule is CC(C)(CN)CNC(=O)[C@H]1[C@H](C(=O)NCc2ccc(Br)cc2)[C@@H]2C=C[C@H]1C21CC1. The molecular formula is C23H30BrN3O2. The molecule has 2 fully saturated rings. The van der Waals surface area contributed by atoms with Gasteiger partial charge in [-0.15, -0.1) is 0 Å². The van der Waals surface area contributed by atoms with Gasteiger partial charge in [-0.1, -0.05) is 54.1 Å². The van der Waals surface area contributed by atoms with E-state index in [2.05, 4.69) is 38.7 Å². The molecule has 0 aliphatic heterocycles. The van der Waals surface area contributed by atoms with Gasteiger partial charge >= 0.3 is 0 Å². The molecule has 29 heavy (non-hydrogen) atoms. The van der Waals surface area contributed by atoms with E-state index >= 15 is 0 Å². The fraction of sp³-hybridized carbons (Fsp3) is 0.565. The molecule has 2 bridgehead atoms. The van der Waals surface area contributed by atoms with Gasteiger partial charge in [0.05, 0.1) is 11.8 Å². The molecule has 4 atom stereocenters. The second kappa shape index (κ2) is 7.55. The zero-order chi connectivity index (χ0) is 20.8. The van der Waals surface area contributed by atoms with Crippen LogP contribution in [0.5, 0.6) is 0 Å². The monoisotopic (exact) mass is 459 g/mol. The molecule has 5 nitrogen and oxygen atoms in total. The number of rotatable bonds is 7. The molecule has 4 rings (SSSR count). The molecule has 3 aliphatic carbocycles. The van der Waals surface area contributed by atoms with Crippen molar-refractivity contribution in [2.24, 2.45) is 40.2 Å². The van der Waals surface area contributed by atoms with Gasteiger partial charge in [0.15, 0.2) is 0 Å². The average Bonchev–Trinajstić information content (AvgIpc) is 3.38. The lowest BCUT2D eigenvalue weighted by Gasteiger charge is -2.29. The predicted molar refractivity (Wildman–Crippen MR) is 117 cm³/mol. The normalized spacial score (nSPS) is 28.6. The minimum absolute atomic E-state index is 0.00144. The average molecular weight is 460 g/mol. The Bertz CT molecular complexity index is 829. The van der Waals surface area contributed by atoms with Crippen LogP contribution in [0.4, 0.5) is 0 Å². The van der Waals surface area contributed by atoms with Crippen molar-refractivity contribution in [2.45, 2.75) is 33.2 Å². The molecule has 156 valence electrons. The first kappa shape index (κ1) is 20.6. The summed E-state index contributed by atoms with van der Waals surface area (Å²) in [6.07, 6.45) is 6.61. The summed E-state index contributed by atoms with van der Waals surface area (Å²) in [7, 11) is 0. The molecule has 1 aromatic carbocycles. The Morgan fingerprint density at radius 2 is 1.62 bits per heavy atom. The lowest BCUT2D eigenvalue weighted by atomic mass is 9.81. The van der Waals surface area contributed by atoms with E-state index in [0.717, 1.165) is 22.9 Å². The topological polar surface area (TPSA) is 84.2 Å². The number of nitrogens with one attached hydrogen (secondary N) is 2. The van der Waals surface area contributed by atoms with Crippen LogP contribution in [0.3, 0.4) is 0 Å². The lowest BCUT2D eigenvalue weighted by Crippen LogP contribution is -2.46. The van der Waals surface area contributed by atoms with Crippen LogP contribution in [0.25, 0.3) is 0 Å². The molecule has 0 unspecified atom stereocenters. The van der Waals surface area contributed by atoms with Crippen LogP contribution in [0.15, 0.2) is 40.9 Å². The largest absolute Gasteiger partial charge is 0.355 e. The Hall–Kier alpha value is -1.66. The van der Waals surface area contributed by atoms with Gasteiger partial charge in [0.1, 0.15) is 0 Å². The first-order valence-corrected chi connectivity index (χ1v) is 11.2. The van der Waals surface area contributed by atoms with E-state index in [9.17, 15) is 9.59 Å². The first-order valence-electron chi connectivity index (χ1n) is 10.5. The third-order valence-corrected chi connectivity index (χ3v) is 7.65. The number of benzene rings is 1. The highest BCUT2D eigenvalue weighted by atomic mass is 79.9. The Morgan fingerprint density at radius 1 is 1.07 bits per heavy atom. The van der Waals surface area contributed by atoms with Crippen LogP contribution in [0, 0.1) is 34.5 Å². The highest BCUT2D eigenvalue weighted by molar-refractivity contribution is 9.10. The molecule has 2 amide bonds. The van der Waals surface area contributed by atoms with Crippen molar-refractivity contribution in [3.8, 4) is 0 Å². The van der Waals surface area contributed by atoms with Crippen molar-refractivity contribution in [3.05, 3.63) is 46.5 Å². The number of halogens is 1. The molecule has 0 aromatic heterocycles. The summed E-state index contributed by atoms with van der Waals surface area (Å²) in [5, 5.41) is 6.18. The maximum Gasteiger partial charge on any atom is 0.224 e. The fourth-order valence-corrected chi connectivity index (χ4v) is 5.40. The van der Waals surface area contributed by atoms with Crippen molar-refractivity contribution < 1.29 is 9.59 Å². The molecule has 0 heterocycles. The lowest BCUT2D eigenvalue weighted by molar-refractivity contribution is -0.135. The van der Waals surface area contributed by atoms with E-state index in [1.165, 1.54) is 0 Å². The van der Waals surface area contributed by atoms with Gasteiger partial charge in [0, 0.05) is 17.6 Å². The third-order valence-electron chi connectivity index (χ3n) is 7.12. The van der Waals surface area contributed by atoms with Crippen LogP contribution < -0.4 is 16.4 Å². The molecule has 0 saturated heterocycles. The van der Waals surface area contributed by atoms with Crippen molar-refractivity contribution in [3.63, 3.8) is 0 Å². The van der Waals surface area contributed by atoms with Crippen LogP contribution >= 0.6 is 15.9 Å². The number of hydrogen-bond acceptors (Lipinski definition) is 3. The summed E-state index contributed by atoms with van der Waals surface area (Å²) in [5.74, 6) is -0.227. The summed E-state index contributed by atoms with van der Waals surface area (Å²) in [6.45, 7) is 5.59. The van der Waals surface area contributed by atoms with Crippen LogP contribution in [0.2, 0.25) is 0 Å². The van der Waals surface area contributed by atoms with Gasteiger partial charge in [0.2, 0.25) is 11.8 Å². The summed E-state index contributed by atoms with van der Waals surface area (Å²) in [4.78, 5) is 26.4. The molecular weight excluding hydrogens is 430 g/mol. The van der Waals surface area contributed by atoms with Crippen molar-refractivity contribution >= 4 is 27.7 Å². The molecule has 3 aliphatic rings. The molecule has 2 saturated carbocycles. The minimum Gasteiger partial charge on any atom is -0.355 e. The number of amides is 2. The third kappa shape index (κ3) is 3.77. The van der Waals surface area contributed by atoms with Crippen molar-refractivity contribution in [2.75, 3.05) is 13.1 Å². The fourth-order valence-electron chi connectivity index (χ4n) is 5.14. The van der Waals surface area contributed by atoms with E-state index < -0.39 is 0 Å². The number of carbonyl (C=O) groups is 2. The Kier molecular flexibility index (Phi) is 5.36. The van der Waals surface area contributed by atoms with Gasteiger partial charge < -0.3 is 16.4 Å².